The lowest BCUT2D eigenvalue weighted by Gasteiger charge is -2.18. The van der Waals surface area contributed by atoms with Gasteiger partial charge in [0.15, 0.2) is 5.82 Å². The second kappa shape index (κ2) is 5.95. The highest BCUT2D eigenvalue weighted by atomic mass is 35.6. The van der Waals surface area contributed by atoms with Crippen LogP contribution in [0.4, 0.5) is 0 Å². The third kappa shape index (κ3) is 2.57. The van der Waals surface area contributed by atoms with Gasteiger partial charge in [-0.3, -0.25) is 14.2 Å². The van der Waals surface area contributed by atoms with E-state index in [9.17, 15) is 9.59 Å². The summed E-state index contributed by atoms with van der Waals surface area (Å²) in [6.07, 6.45) is 0. The Morgan fingerprint density at radius 1 is 0.885 bits per heavy atom. The number of alkyl halides is 3. The predicted octanol–water partition coefficient (Wildman–Crippen LogP) is 4.78. The zero-order valence-electron chi connectivity index (χ0n) is 13.5. The Balaban J connectivity index is 2.06. The molecule has 0 fully saturated rings. The highest BCUT2D eigenvalue weighted by Crippen LogP contribution is 2.41. The summed E-state index contributed by atoms with van der Waals surface area (Å²) < 4.78 is -0.451. The average molecular weight is 406 g/mol. The van der Waals surface area contributed by atoms with E-state index in [1.807, 2.05) is 19.1 Å². The number of benzene rings is 2. The van der Waals surface area contributed by atoms with Crippen LogP contribution in [-0.4, -0.2) is 21.1 Å². The highest BCUT2D eigenvalue weighted by Gasteiger charge is 2.40. The summed E-state index contributed by atoms with van der Waals surface area (Å²) in [5.41, 5.74) is 2.34. The van der Waals surface area contributed by atoms with Crippen LogP contribution in [0.1, 0.15) is 43.5 Å². The van der Waals surface area contributed by atoms with Gasteiger partial charge in [-0.15, -0.1) is 0 Å². The number of ketones is 2. The van der Waals surface area contributed by atoms with Crippen molar-refractivity contribution < 1.29 is 9.59 Å². The van der Waals surface area contributed by atoms with Crippen LogP contribution >= 0.6 is 34.8 Å². The number of fused-ring (bicyclic) bond motifs is 2. The number of hydrogen-bond acceptors (Lipinski definition) is 3. The molecule has 1 aliphatic carbocycles. The zero-order valence-corrected chi connectivity index (χ0v) is 15.7. The number of carbonyl (C=O) groups excluding carboxylic acids is 2. The van der Waals surface area contributed by atoms with Crippen molar-refractivity contribution in [1.82, 2.24) is 9.55 Å². The van der Waals surface area contributed by atoms with Gasteiger partial charge in [-0.25, -0.2) is 4.98 Å². The first-order valence-electron chi connectivity index (χ1n) is 7.74. The average Bonchev–Trinajstić information content (AvgIpc) is 3.02. The van der Waals surface area contributed by atoms with Crippen molar-refractivity contribution in [3.05, 3.63) is 82.4 Å². The van der Waals surface area contributed by atoms with E-state index in [1.54, 1.807) is 36.4 Å². The van der Waals surface area contributed by atoms with E-state index in [0.717, 1.165) is 5.56 Å². The van der Waals surface area contributed by atoms with Gasteiger partial charge >= 0.3 is 0 Å². The Labute approximate surface area is 164 Å². The van der Waals surface area contributed by atoms with Crippen LogP contribution in [0.2, 0.25) is 0 Å². The SMILES string of the molecule is Cc1ccc(-n2c(C(Cl)(Cl)Cl)nc3c2C(=O)c2ccccc2C3=O)cc1. The molecule has 3 aromatic rings. The molecule has 0 bridgehead atoms. The van der Waals surface area contributed by atoms with Crippen molar-refractivity contribution in [2.75, 3.05) is 0 Å². The van der Waals surface area contributed by atoms with Gasteiger partial charge in [-0.1, -0.05) is 76.8 Å². The third-order valence-corrected chi connectivity index (χ3v) is 4.78. The molecule has 0 unspecified atom stereocenters. The van der Waals surface area contributed by atoms with Crippen molar-refractivity contribution in [2.45, 2.75) is 10.7 Å². The Bertz CT molecular complexity index is 1060. The first-order valence-corrected chi connectivity index (χ1v) is 8.88. The van der Waals surface area contributed by atoms with Crippen LogP contribution in [0.3, 0.4) is 0 Å². The minimum Gasteiger partial charge on any atom is -0.289 e. The van der Waals surface area contributed by atoms with Gasteiger partial charge in [0, 0.05) is 16.8 Å². The Hall–Kier alpha value is -2.14. The van der Waals surface area contributed by atoms with Crippen LogP contribution in [0.5, 0.6) is 0 Å². The van der Waals surface area contributed by atoms with Gasteiger partial charge in [-0.05, 0) is 19.1 Å². The molecule has 26 heavy (non-hydrogen) atoms. The fourth-order valence-electron chi connectivity index (χ4n) is 3.06. The maximum atomic E-state index is 13.1. The molecule has 0 saturated carbocycles. The number of aryl methyl sites for hydroxylation is 1. The minimum absolute atomic E-state index is 0.00407. The summed E-state index contributed by atoms with van der Waals surface area (Å²) in [6, 6.07) is 13.9. The molecular weight excluding hydrogens is 395 g/mol. The summed E-state index contributed by atoms with van der Waals surface area (Å²) >= 11 is 18.3. The highest BCUT2D eigenvalue weighted by molar-refractivity contribution is 6.66. The zero-order chi connectivity index (χ0) is 18.6. The molecule has 0 aliphatic heterocycles. The molecule has 1 aliphatic rings. The molecule has 130 valence electrons. The van der Waals surface area contributed by atoms with Gasteiger partial charge in [-0.2, -0.15) is 0 Å². The van der Waals surface area contributed by atoms with Crippen LogP contribution in [-0.2, 0) is 3.79 Å². The van der Waals surface area contributed by atoms with Crippen LogP contribution in [0.25, 0.3) is 5.69 Å². The van der Waals surface area contributed by atoms with E-state index in [4.69, 9.17) is 34.8 Å². The molecule has 0 N–H and O–H groups in total. The number of rotatable bonds is 1. The molecule has 0 amide bonds. The summed E-state index contributed by atoms with van der Waals surface area (Å²) in [5, 5.41) is 0. The molecule has 1 heterocycles. The van der Waals surface area contributed by atoms with Crippen molar-refractivity contribution in [3.8, 4) is 5.69 Å². The molecule has 4 rings (SSSR count). The largest absolute Gasteiger partial charge is 0.289 e. The monoisotopic (exact) mass is 404 g/mol. The van der Waals surface area contributed by atoms with Crippen molar-refractivity contribution in [3.63, 3.8) is 0 Å². The van der Waals surface area contributed by atoms with E-state index in [2.05, 4.69) is 4.98 Å². The predicted molar refractivity (Wildman–Crippen MR) is 101 cm³/mol. The third-order valence-electron chi connectivity index (χ3n) is 4.27. The van der Waals surface area contributed by atoms with Crippen LogP contribution < -0.4 is 0 Å². The van der Waals surface area contributed by atoms with E-state index in [-0.39, 0.29) is 28.8 Å². The molecule has 7 heteroatoms. The molecule has 0 saturated heterocycles. The molecule has 4 nitrogen and oxygen atoms in total. The van der Waals surface area contributed by atoms with E-state index < -0.39 is 3.79 Å². The van der Waals surface area contributed by atoms with Crippen molar-refractivity contribution in [2.24, 2.45) is 0 Å². The van der Waals surface area contributed by atoms with E-state index >= 15 is 0 Å². The minimum atomic E-state index is -1.91. The number of aromatic nitrogens is 2. The quantitative estimate of drug-likeness (QED) is 0.428. The Morgan fingerprint density at radius 3 is 2.04 bits per heavy atom. The fourth-order valence-corrected chi connectivity index (χ4v) is 3.44. The lowest BCUT2D eigenvalue weighted by molar-refractivity contribution is 0.0972. The van der Waals surface area contributed by atoms with Gasteiger partial charge in [0.2, 0.25) is 15.4 Å². The fraction of sp³-hybridized carbons (Fsp3) is 0.105. The maximum Gasteiger partial charge on any atom is 0.248 e. The van der Waals surface area contributed by atoms with Gasteiger partial charge in [0.05, 0.1) is 0 Å². The van der Waals surface area contributed by atoms with Gasteiger partial charge in [0.1, 0.15) is 11.4 Å². The molecule has 1 aromatic heterocycles. The number of hydrogen-bond donors (Lipinski definition) is 0. The molecule has 0 spiro atoms. The molecule has 0 atom stereocenters. The summed E-state index contributed by atoms with van der Waals surface area (Å²) in [6.45, 7) is 1.94. The summed E-state index contributed by atoms with van der Waals surface area (Å²) in [4.78, 5) is 30.2. The Morgan fingerprint density at radius 2 is 1.46 bits per heavy atom. The van der Waals surface area contributed by atoms with Gasteiger partial charge < -0.3 is 0 Å². The topological polar surface area (TPSA) is 52.0 Å². The number of carbonyl (C=O) groups is 2. The number of nitrogens with zero attached hydrogens (tertiary/aromatic N) is 2. The molecule has 0 radical (unpaired) electrons. The second-order valence-corrected chi connectivity index (χ2v) is 8.29. The van der Waals surface area contributed by atoms with Crippen LogP contribution in [0, 0.1) is 6.92 Å². The second-order valence-electron chi connectivity index (χ2n) is 6.01. The maximum absolute atomic E-state index is 13.1. The Kier molecular flexibility index (Phi) is 3.95. The number of halogens is 3. The van der Waals surface area contributed by atoms with Gasteiger partial charge in [0.25, 0.3) is 0 Å². The molecule has 2 aromatic carbocycles. The summed E-state index contributed by atoms with van der Waals surface area (Å²) in [5.74, 6) is -0.689. The van der Waals surface area contributed by atoms with Crippen LogP contribution in [0.15, 0.2) is 48.5 Å². The first-order chi connectivity index (χ1) is 12.3. The van der Waals surface area contributed by atoms with E-state index in [1.165, 1.54) is 4.57 Å². The standard InChI is InChI=1S/C19H11Cl3N2O2/c1-10-6-8-11(9-7-10)24-15-14(23-18(24)19(20,21)22)16(25)12-4-2-3-5-13(12)17(15)26/h2-9H,1H3. The lowest BCUT2D eigenvalue weighted by atomic mass is 9.90. The van der Waals surface area contributed by atoms with Crippen molar-refractivity contribution >= 4 is 46.4 Å². The number of imidazole rings is 1. The normalized spacial score (nSPS) is 13.5. The van der Waals surface area contributed by atoms with E-state index in [0.29, 0.717) is 16.8 Å². The van der Waals surface area contributed by atoms with Crippen molar-refractivity contribution in [1.29, 1.82) is 0 Å². The summed E-state index contributed by atoms with van der Waals surface area (Å²) in [7, 11) is 0. The molecular formula is C19H11Cl3N2O2. The lowest BCUT2D eigenvalue weighted by Crippen LogP contribution is -2.23. The smallest absolute Gasteiger partial charge is 0.248 e. The first kappa shape index (κ1) is 17.3.